The molecule has 0 radical (unpaired) electrons. The van der Waals surface area contributed by atoms with E-state index in [4.69, 9.17) is 0 Å². The largest absolute Gasteiger partial charge is 0.300 e. The second-order valence-electron chi connectivity index (χ2n) is 4.22. The molecule has 0 N–H and O–H groups in total. The van der Waals surface area contributed by atoms with Gasteiger partial charge < -0.3 is 0 Å². The average molecular weight is 216 g/mol. The highest BCUT2D eigenvalue weighted by molar-refractivity contribution is 7.59. The molecule has 2 fully saturated rings. The minimum absolute atomic E-state index is 0. The summed E-state index contributed by atoms with van der Waals surface area (Å²) >= 11 is 0. The molecule has 0 aromatic rings. The van der Waals surface area contributed by atoms with Crippen molar-refractivity contribution in [1.82, 2.24) is 0 Å². The lowest BCUT2D eigenvalue weighted by molar-refractivity contribution is -0.120. The van der Waals surface area contributed by atoms with E-state index in [2.05, 4.69) is 0 Å². The molecular weight excluding hydrogens is 192 g/mol. The highest BCUT2D eigenvalue weighted by Gasteiger charge is 2.05. The summed E-state index contributed by atoms with van der Waals surface area (Å²) in [6.45, 7) is 0. The molecule has 0 spiro atoms. The van der Waals surface area contributed by atoms with Crippen LogP contribution in [-0.4, -0.2) is 5.78 Å². The van der Waals surface area contributed by atoms with Gasteiger partial charge in [-0.25, -0.2) is 0 Å². The van der Waals surface area contributed by atoms with E-state index in [-0.39, 0.29) is 13.5 Å². The van der Waals surface area contributed by atoms with Gasteiger partial charge in [-0.2, -0.15) is 13.5 Å². The number of hydrogen-bond donors (Lipinski definition) is 0. The Balaban J connectivity index is 0.000000227. The monoisotopic (exact) mass is 216 g/mol. The lowest BCUT2D eigenvalue weighted by Crippen LogP contribution is -2.02. The minimum Gasteiger partial charge on any atom is -0.300 e. The van der Waals surface area contributed by atoms with Crippen molar-refractivity contribution in [2.24, 2.45) is 0 Å². The molecule has 14 heavy (non-hydrogen) atoms. The third-order valence-electron chi connectivity index (χ3n) is 2.91. The van der Waals surface area contributed by atoms with E-state index < -0.39 is 0 Å². The van der Waals surface area contributed by atoms with Crippen LogP contribution in [0, 0.1) is 0 Å². The molecule has 2 heteroatoms. The van der Waals surface area contributed by atoms with Crippen LogP contribution in [0.3, 0.4) is 0 Å². The van der Waals surface area contributed by atoms with Crippen LogP contribution >= 0.6 is 13.5 Å². The van der Waals surface area contributed by atoms with Gasteiger partial charge in [-0.1, -0.05) is 44.9 Å². The molecule has 2 rings (SSSR count). The van der Waals surface area contributed by atoms with Crippen molar-refractivity contribution >= 4 is 19.3 Å². The SMILES string of the molecule is C1CCCCC1.O=C1CCCCC1.S. The van der Waals surface area contributed by atoms with Crippen molar-refractivity contribution < 1.29 is 4.79 Å². The summed E-state index contributed by atoms with van der Waals surface area (Å²) < 4.78 is 0. The summed E-state index contributed by atoms with van der Waals surface area (Å²) in [6.07, 6.45) is 14.2. The fraction of sp³-hybridized carbons (Fsp3) is 0.917. The van der Waals surface area contributed by atoms with E-state index in [0.29, 0.717) is 5.78 Å². The summed E-state index contributed by atoms with van der Waals surface area (Å²) in [5.41, 5.74) is 0. The van der Waals surface area contributed by atoms with Crippen molar-refractivity contribution in [1.29, 1.82) is 0 Å². The number of carbonyl (C=O) groups excluding carboxylic acids is 1. The van der Waals surface area contributed by atoms with Gasteiger partial charge in [0.25, 0.3) is 0 Å². The second-order valence-corrected chi connectivity index (χ2v) is 4.22. The highest BCUT2D eigenvalue weighted by Crippen LogP contribution is 2.15. The molecule has 2 aliphatic rings. The zero-order chi connectivity index (χ0) is 9.36. The first-order valence-electron chi connectivity index (χ1n) is 5.91. The molecule has 0 aromatic heterocycles. The van der Waals surface area contributed by atoms with Crippen LogP contribution in [0.1, 0.15) is 70.6 Å². The van der Waals surface area contributed by atoms with Crippen molar-refractivity contribution in [3.8, 4) is 0 Å². The number of Topliss-reactive ketones (excluding diaryl/α,β-unsaturated/α-hetero) is 1. The van der Waals surface area contributed by atoms with Crippen LogP contribution in [0.5, 0.6) is 0 Å². The van der Waals surface area contributed by atoms with Crippen molar-refractivity contribution in [3.05, 3.63) is 0 Å². The molecular formula is C12H24OS. The Morgan fingerprint density at radius 1 is 0.571 bits per heavy atom. The van der Waals surface area contributed by atoms with Gasteiger partial charge in [0, 0.05) is 12.8 Å². The summed E-state index contributed by atoms with van der Waals surface area (Å²) in [4.78, 5) is 10.5. The molecule has 0 aromatic carbocycles. The van der Waals surface area contributed by atoms with Gasteiger partial charge in [0.15, 0.2) is 0 Å². The first-order valence-corrected chi connectivity index (χ1v) is 5.91. The molecule has 0 saturated heterocycles. The van der Waals surface area contributed by atoms with Crippen LogP contribution in [0.15, 0.2) is 0 Å². The fourth-order valence-electron chi connectivity index (χ4n) is 2.01. The van der Waals surface area contributed by atoms with Gasteiger partial charge in [-0.05, 0) is 12.8 Å². The van der Waals surface area contributed by atoms with Crippen LogP contribution < -0.4 is 0 Å². The Labute approximate surface area is 95.1 Å². The van der Waals surface area contributed by atoms with Crippen LogP contribution in [0.2, 0.25) is 0 Å². The zero-order valence-electron chi connectivity index (χ0n) is 9.19. The third kappa shape index (κ3) is 7.43. The van der Waals surface area contributed by atoms with Gasteiger partial charge in [0.05, 0.1) is 0 Å². The Hall–Kier alpha value is 0.0200. The quantitative estimate of drug-likeness (QED) is 0.599. The van der Waals surface area contributed by atoms with Crippen molar-refractivity contribution in [2.45, 2.75) is 70.6 Å². The molecule has 84 valence electrons. The summed E-state index contributed by atoms with van der Waals surface area (Å²) in [6, 6.07) is 0. The molecule has 0 bridgehead atoms. The Bertz CT molecular complexity index is 122. The van der Waals surface area contributed by atoms with Crippen molar-refractivity contribution in [3.63, 3.8) is 0 Å². The van der Waals surface area contributed by atoms with E-state index in [1.54, 1.807) is 0 Å². The Kier molecular flexibility index (Phi) is 9.58. The zero-order valence-corrected chi connectivity index (χ0v) is 10.2. The van der Waals surface area contributed by atoms with Gasteiger partial charge >= 0.3 is 0 Å². The van der Waals surface area contributed by atoms with E-state index in [0.717, 1.165) is 25.7 Å². The maximum atomic E-state index is 10.5. The van der Waals surface area contributed by atoms with Crippen LogP contribution in [0.4, 0.5) is 0 Å². The number of rotatable bonds is 0. The smallest absolute Gasteiger partial charge is 0.132 e. The topological polar surface area (TPSA) is 17.1 Å². The molecule has 0 aliphatic heterocycles. The van der Waals surface area contributed by atoms with Gasteiger partial charge in [-0.3, -0.25) is 4.79 Å². The van der Waals surface area contributed by atoms with E-state index in [1.165, 1.54) is 44.9 Å². The Morgan fingerprint density at radius 2 is 0.857 bits per heavy atom. The summed E-state index contributed by atoms with van der Waals surface area (Å²) in [5.74, 6) is 0.464. The lowest BCUT2D eigenvalue weighted by Gasteiger charge is -2.05. The van der Waals surface area contributed by atoms with Gasteiger partial charge in [-0.15, -0.1) is 0 Å². The molecule has 0 amide bonds. The second kappa shape index (κ2) is 9.57. The molecule has 0 unspecified atom stereocenters. The van der Waals surface area contributed by atoms with E-state index in [9.17, 15) is 4.79 Å². The average Bonchev–Trinajstić information content (AvgIpc) is 2.22. The lowest BCUT2D eigenvalue weighted by atomic mass is 10.00. The van der Waals surface area contributed by atoms with Crippen LogP contribution in [-0.2, 0) is 4.79 Å². The maximum Gasteiger partial charge on any atom is 0.132 e. The fourth-order valence-corrected chi connectivity index (χ4v) is 2.01. The first-order chi connectivity index (χ1) is 6.39. The van der Waals surface area contributed by atoms with Gasteiger partial charge in [0.1, 0.15) is 5.78 Å². The van der Waals surface area contributed by atoms with E-state index >= 15 is 0 Å². The standard InChI is InChI=1S/C6H10O.C6H12.H2S/c7-6-4-2-1-3-5-6;1-2-4-6-5-3-1;/h1-5H2;1-6H2;1H2. The normalized spacial score (nSPS) is 21.6. The summed E-state index contributed by atoms with van der Waals surface area (Å²) in [7, 11) is 0. The predicted molar refractivity (Wildman–Crippen MR) is 66.2 cm³/mol. The Morgan fingerprint density at radius 3 is 1.07 bits per heavy atom. The molecule has 0 atom stereocenters. The maximum absolute atomic E-state index is 10.5. The highest BCUT2D eigenvalue weighted by atomic mass is 32.1. The molecule has 0 heterocycles. The predicted octanol–water partition coefficient (Wildman–Crippen LogP) is 3.97. The number of hydrogen-bond acceptors (Lipinski definition) is 1. The van der Waals surface area contributed by atoms with Gasteiger partial charge in [0.2, 0.25) is 0 Å². The van der Waals surface area contributed by atoms with E-state index in [1.807, 2.05) is 0 Å². The number of ketones is 1. The minimum atomic E-state index is 0. The molecule has 2 aliphatic carbocycles. The van der Waals surface area contributed by atoms with Crippen molar-refractivity contribution in [2.75, 3.05) is 0 Å². The number of carbonyl (C=O) groups is 1. The summed E-state index contributed by atoms with van der Waals surface area (Å²) in [5, 5.41) is 0. The van der Waals surface area contributed by atoms with Crippen LogP contribution in [0.25, 0.3) is 0 Å². The molecule has 1 nitrogen and oxygen atoms in total. The first kappa shape index (κ1) is 14.0. The molecule has 2 saturated carbocycles. The third-order valence-corrected chi connectivity index (χ3v) is 2.91.